The number of nitrogens with zero attached hydrogens (tertiary/aromatic N) is 4. The van der Waals surface area contributed by atoms with E-state index >= 15 is 0 Å². The summed E-state index contributed by atoms with van der Waals surface area (Å²) in [5.74, 6) is 2.36. The van der Waals surface area contributed by atoms with Gasteiger partial charge in [0.15, 0.2) is 0 Å². The van der Waals surface area contributed by atoms with Crippen LogP contribution in [-0.4, -0.2) is 26.3 Å². The lowest BCUT2D eigenvalue weighted by atomic mass is 10.1. The van der Waals surface area contributed by atoms with E-state index in [1.165, 1.54) is 6.33 Å². The minimum Gasteiger partial charge on any atom is -0.420 e. The Kier molecular flexibility index (Phi) is 4.77. The highest BCUT2D eigenvalue weighted by atomic mass is 16.5. The summed E-state index contributed by atoms with van der Waals surface area (Å²) >= 11 is 0. The van der Waals surface area contributed by atoms with Crippen molar-refractivity contribution in [3.05, 3.63) is 23.7 Å². The molecule has 0 spiro atoms. The van der Waals surface area contributed by atoms with E-state index in [0.717, 1.165) is 30.0 Å². The molecule has 0 unspecified atom stereocenters. The van der Waals surface area contributed by atoms with Crippen LogP contribution in [0.2, 0.25) is 0 Å². The molecule has 0 bridgehead atoms. The molecular formula is C15H23N5O. The zero-order chi connectivity index (χ0) is 15.4. The number of hydrogen-bond donors (Lipinski definition) is 1. The van der Waals surface area contributed by atoms with Gasteiger partial charge in [-0.1, -0.05) is 20.8 Å². The summed E-state index contributed by atoms with van der Waals surface area (Å²) in [6.45, 7) is 9.15. The van der Waals surface area contributed by atoms with Gasteiger partial charge in [0.1, 0.15) is 12.1 Å². The smallest absolute Gasteiger partial charge is 0.229 e. The Morgan fingerprint density at radius 2 is 2.10 bits per heavy atom. The first-order valence-corrected chi connectivity index (χ1v) is 7.30. The van der Waals surface area contributed by atoms with Crippen LogP contribution in [0.15, 0.2) is 12.4 Å². The average molecular weight is 289 g/mol. The van der Waals surface area contributed by atoms with E-state index in [1.54, 1.807) is 4.68 Å². The van der Waals surface area contributed by atoms with E-state index in [0.29, 0.717) is 11.8 Å². The third-order valence-electron chi connectivity index (χ3n) is 3.13. The second-order valence-corrected chi connectivity index (χ2v) is 5.37. The first-order chi connectivity index (χ1) is 10.0. The molecule has 0 aliphatic carbocycles. The Bertz CT molecular complexity index is 606. The molecule has 6 nitrogen and oxygen atoms in total. The van der Waals surface area contributed by atoms with Crippen LogP contribution in [0.4, 0.5) is 5.82 Å². The maximum atomic E-state index is 5.95. The predicted molar refractivity (Wildman–Crippen MR) is 82.9 cm³/mol. The molecule has 0 aliphatic heterocycles. The summed E-state index contributed by atoms with van der Waals surface area (Å²) in [7, 11) is 1.86. The van der Waals surface area contributed by atoms with Crippen molar-refractivity contribution in [1.29, 1.82) is 0 Å². The van der Waals surface area contributed by atoms with E-state index in [2.05, 4.69) is 41.2 Å². The van der Waals surface area contributed by atoms with E-state index in [4.69, 9.17) is 4.74 Å². The molecule has 0 atom stereocenters. The fraction of sp³-hybridized carbons (Fsp3) is 0.533. The van der Waals surface area contributed by atoms with Gasteiger partial charge in [0.05, 0.1) is 11.3 Å². The molecule has 0 saturated carbocycles. The molecule has 114 valence electrons. The number of aromatic nitrogens is 4. The zero-order valence-corrected chi connectivity index (χ0v) is 13.3. The predicted octanol–water partition coefficient (Wildman–Crippen LogP) is 3.26. The largest absolute Gasteiger partial charge is 0.420 e. The molecule has 2 aromatic rings. The lowest BCUT2D eigenvalue weighted by Gasteiger charge is -2.16. The molecule has 0 aliphatic rings. The highest BCUT2D eigenvalue weighted by molar-refractivity contribution is 5.51. The lowest BCUT2D eigenvalue weighted by Crippen LogP contribution is -2.09. The van der Waals surface area contributed by atoms with Gasteiger partial charge < -0.3 is 10.1 Å². The maximum absolute atomic E-state index is 5.95. The van der Waals surface area contributed by atoms with Crippen LogP contribution in [0.25, 0.3) is 0 Å². The summed E-state index contributed by atoms with van der Waals surface area (Å²) in [6, 6.07) is 1.89. The molecule has 2 rings (SSSR count). The number of hydrogen-bond acceptors (Lipinski definition) is 5. The summed E-state index contributed by atoms with van der Waals surface area (Å²) < 4.78 is 7.66. The molecule has 2 heterocycles. The van der Waals surface area contributed by atoms with Gasteiger partial charge in [-0.15, -0.1) is 0 Å². The second kappa shape index (κ2) is 6.56. The van der Waals surface area contributed by atoms with Crippen LogP contribution in [-0.2, 0) is 7.05 Å². The highest BCUT2D eigenvalue weighted by Crippen LogP contribution is 2.32. The van der Waals surface area contributed by atoms with Crippen LogP contribution >= 0.6 is 0 Å². The third-order valence-corrected chi connectivity index (χ3v) is 3.13. The van der Waals surface area contributed by atoms with E-state index in [-0.39, 0.29) is 5.92 Å². The summed E-state index contributed by atoms with van der Waals surface area (Å²) in [6.07, 6.45) is 2.57. The SMILES string of the molecule is CCCNc1ncnc(Oc2cc(C)nn2C)c1C(C)C. The van der Waals surface area contributed by atoms with Crippen molar-refractivity contribution in [3.63, 3.8) is 0 Å². The van der Waals surface area contributed by atoms with Gasteiger partial charge in [-0.2, -0.15) is 5.10 Å². The van der Waals surface area contributed by atoms with Crippen LogP contribution in [0.3, 0.4) is 0 Å². The van der Waals surface area contributed by atoms with Crippen molar-refractivity contribution in [2.75, 3.05) is 11.9 Å². The minimum atomic E-state index is 0.259. The third kappa shape index (κ3) is 3.51. The first-order valence-electron chi connectivity index (χ1n) is 7.30. The van der Waals surface area contributed by atoms with Crippen LogP contribution in [0, 0.1) is 6.92 Å². The van der Waals surface area contributed by atoms with Gasteiger partial charge in [-0.25, -0.2) is 14.6 Å². The molecular weight excluding hydrogens is 266 g/mol. The molecule has 21 heavy (non-hydrogen) atoms. The number of anilines is 1. The van der Waals surface area contributed by atoms with Crippen molar-refractivity contribution < 1.29 is 4.74 Å². The van der Waals surface area contributed by atoms with Gasteiger partial charge in [-0.05, 0) is 19.3 Å². The second-order valence-electron chi connectivity index (χ2n) is 5.37. The molecule has 2 aromatic heterocycles. The number of aryl methyl sites for hydroxylation is 2. The molecule has 0 saturated heterocycles. The minimum absolute atomic E-state index is 0.259. The molecule has 0 radical (unpaired) electrons. The molecule has 0 fully saturated rings. The molecule has 6 heteroatoms. The van der Waals surface area contributed by atoms with Gasteiger partial charge in [0.2, 0.25) is 11.8 Å². The van der Waals surface area contributed by atoms with Crippen molar-refractivity contribution in [3.8, 4) is 11.8 Å². The molecule has 0 aromatic carbocycles. The van der Waals surface area contributed by atoms with Gasteiger partial charge in [0, 0.05) is 19.7 Å². The summed E-state index contributed by atoms with van der Waals surface area (Å²) in [5, 5.41) is 7.62. The topological polar surface area (TPSA) is 64.9 Å². The summed E-state index contributed by atoms with van der Waals surface area (Å²) in [4.78, 5) is 8.64. The Balaban J connectivity index is 2.36. The lowest BCUT2D eigenvalue weighted by molar-refractivity contribution is 0.407. The van der Waals surface area contributed by atoms with E-state index in [1.807, 2.05) is 20.0 Å². The average Bonchev–Trinajstić information content (AvgIpc) is 2.74. The Morgan fingerprint density at radius 3 is 2.67 bits per heavy atom. The van der Waals surface area contributed by atoms with E-state index in [9.17, 15) is 0 Å². The van der Waals surface area contributed by atoms with E-state index < -0.39 is 0 Å². The van der Waals surface area contributed by atoms with Gasteiger partial charge in [-0.3, -0.25) is 0 Å². The van der Waals surface area contributed by atoms with Crippen molar-refractivity contribution >= 4 is 5.82 Å². The standard InChI is InChI=1S/C15H23N5O/c1-6-7-16-14-13(10(2)3)15(18-9-17-14)21-12-8-11(4)19-20(12)5/h8-10H,6-7H2,1-5H3,(H,16,17,18). The number of rotatable bonds is 6. The van der Waals surface area contributed by atoms with Gasteiger partial charge >= 0.3 is 0 Å². The zero-order valence-electron chi connectivity index (χ0n) is 13.3. The Hall–Kier alpha value is -2.11. The number of nitrogens with one attached hydrogen (secondary N) is 1. The van der Waals surface area contributed by atoms with Crippen LogP contribution < -0.4 is 10.1 Å². The Morgan fingerprint density at radius 1 is 1.33 bits per heavy atom. The Labute approximate surface area is 125 Å². The van der Waals surface area contributed by atoms with Crippen molar-refractivity contribution in [1.82, 2.24) is 19.7 Å². The van der Waals surface area contributed by atoms with Crippen LogP contribution in [0.1, 0.15) is 44.4 Å². The molecule has 1 N–H and O–H groups in total. The van der Waals surface area contributed by atoms with Gasteiger partial charge in [0.25, 0.3) is 0 Å². The quantitative estimate of drug-likeness (QED) is 0.884. The normalized spacial score (nSPS) is 11.0. The summed E-state index contributed by atoms with van der Waals surface area (Å²) in [5.41, 5.74) is 1.90. The molecule has 0 amide bonds. The maximum Gasteiger partial charge on any atom is 0.229 e. The fourth-order valence-corrected chi connectivity index (χ4v) is 2.15. The van der Waals surface area contributed by atoms with Crippen molar-refractivity contribution in [2.24, 2.45) is 7.05 Å². The number of ether oxygens (including phenoxy) is 1. The van der Waals surface area contributed by atoms with Crippen molar-refractivity contribution in [2.45, 2.75) is 40.0 Å². The fourth-order valence-electron chi connectivity index (χ4n) is 2.15. The first kappa shape index (κ1) is 15.3. The van der Waals surface area contributed by atoms with Crippen LogP contribution in [0.5, 0.6) is 11.8 Å². The monoisotopic (exact) mass is 289 g/mol. The highest BCUT2D eigenvalue weighted by Gasteiger charge is 2.18.